The molecule has 2 saturated heterocycles. The Morgan fingerprint density at radius 1 is 1.13 bits per heavy atom. The van der Waals surface area contributed by atoms with Crippen molar-refractivity contribution in [1.82, 2.24) is 14.6 Å². The highest BCUT2D eigenvalue weighted by Gasteiger charge is 2.32. The number of rotatable bonds is 8. The molecule has 1 aromatic heterocycles. The number of anilines is 1. The number of piperazine rings is 1. The van der Waals surface area contributed by atoms with Crippen LogP contribution in [0.4, 0.5) is 19.0 Å². The van der Waals surface area contributed by atoms with E-state index in [9.17, 15) is 21.6 Å². The number of sulfonamides is 1. The average Bonchev–Trinajstić information content (AvgIpc) is 2.74. The Bertz CT molecular complexity index is 784. The fourth-order valence-corrected chi connectivity index (χ4v) is 5.09. The van der Waals surface area contributed by atoms with Gasteiger partial charge in [0.25, 0.3) is 0 Å². The molecule has 0 bridgehead atoms. The van der Waals surface area contributed by atoms with E-state index >= 15 is 0 Å². The number of alkyl halides is 3. The van der Waals surface area contributed by atoms with Crippen molar-refractivity contribution in [1.29, 1.82) is 0 Å². The summed E-state index contributed by atoms with van der Waals surface area (Å²) in [7, 11) is -3.45. The number of aromatic nitrogens is 1. The van der Waals surface area contributed by atoms with Crippen molar-refractivity contribution in [3.63, 3.8) is 0 Å². The summed E-state index contributed by atoms with van der Waals surface area (Å²) in [4.78, 5) is 5.68. The Kier molecular flexibility index (Phi) is 9.81. The zero-order valence-electron chi connectivity index (χ0n) is 17.3. The maximum absolute atomic E-state index is 12.9. The van der Waals surface area contributed by atoms with E-state index in [0.29, 0.717) is 25.6 Å². The van der Waals surface area contributed by atoms with Gasteiger partial charge in [-0.1, -0.05) is 0 Å². The molecule has 0 aromatic carbocycles. The first-order valence-corrected chi connectivity index (χ1v) is 11.9. The zero-order chi connectivity index (χ0) is 21.6. The van der Waals surface area contributed by atoms with Gasteiger partial charge in [-0.25, -0.2) is 13.4 Å². The van der Waals surface area contributed by atoms with Crippen LogP contribution in [-0.2, 0) is 20.9 Å². The monoisotopic (exact) mass is 486 g/mol. The highest BCUT2D eigenvalue weighted by molar-refractivity contribution is 7.89. The second-order valence-electron chi connectivity index (χ2n) is 7.70. The molecular formula is C19H30ClF3N4O3S. The lowest BCUT2D eigenvalue weighted by molar-refractivity contribution is -0.137. The molecule has 31 heavy (non-hydrogen) atoms. The van der Waals surface area contributed by atoms with Gasteiger partial charge in [0.1, 0.15) is 5.82 Å². The van der Waals surface area contributed by atoms with Gasteiger partial charge in [0, 0.05) is 39.0 Å². The molecule has 0 atom stereocenters. The fraction of sp³-hybridized carbons (Fsp3) is 0.737. The van der Waals surface area contributed by atoms with Crippen molar-refractivity contribution < 1.29 is 26.3 Å². The molecule has 0 saturated carbocycles. The number of halogens is 4. The summed E-state index contributed by atoms with van der Waals surface area (Å²) in [5.74, 6) is 0.768. The first kappa shape index (κ1) is 26.1. The summed E-state index contributed by atoms with van der Waals surface area (Å²) in [5.41, 5.74) is -0.760. The van der Waals surface area contributed by atoms with E-state index in [1.165, 1.54) is 4.31 Å². The summed E-state index contributed by atoms with van der Waals surface area (Å²) in [6.07, 6.45) is -0.0943. The van der Waals surface area contributed by atoms with Crippen LogP contribution in [0.3, 0.4) is 0 Å². The highest BCUT2D eigenvalue weighted by Crippen LogP contribution is 2.31. The molecule has 0 radical (unpaired) electrons. The van der Waals surface area contributed by atoms with Crippen LogP contribution >= 0.6 is 12.4 Å². The molecule has 0 amide bonds. The molecule has 0 unspecified atom stereocenters. The lowest BCUT2D eigenvalue weighted by Crippen LogP contribution is -2.49. The zero-order valence-corrected chi connectivity index (χ0v) is 18.9. The summed E-state index contributed by atoms with van der Waals surface area (Å²) in [5, 5.41) is 3.31. The Balaban J connectivity index is 0.00000341. The van der Waals surface area contributed by atoms with Gasteiger partial charge in [0.05, 0.1) is 17.9 Å². The normalized spacial score (nSPS) is 19.3. The Hall–Kier alpha value is -1.14. The predicted molar refractivity (Wildman–Crippen MR) is 115 cm³/mol. The average molecular weight is 487 g/mol. The molecule has 2 aliphatic heterocycles. The van der Waals surface area contributed by atoms with Crippen LogP contribution in [0.5, 0.6) is 0 Å². The number of hydrogen-bond donors (Lipinski definition) is 1. The van der Waals surface area contributed by atoms with E-state index in [-0.39, 0.29) is 43.7 Å². The quantitative estimate of drug-likeness (QED) is 0.569. The molecule has 2 fully saturated rings. The molecule has 3 heterocycles. The van der Waals surface area contributed by atoms with Crippen molar-refractivity contribution >= 4 is 28.2 Å². The van der Waals surface area contributed by atoms with Crippen molar-refractivity contribution in [2.75, 3.05) is 63.1 Å². The van der Waals surface area contributed by atoms with Crippen molar-refractivity contribution in [3.8, 4) is 0 Å². The molecule has 12 heteroatoms. The van der Waals surface area contributed by atoms with E-state index < -0.39 is 21.8 Å². The van der Waals surface area contributed by atoms with Crippen LogP contribution in [0, 0.1) is 5.92 Å². The minimum atomic E-state index is -4.43. The highest BCUT2D eigenvalue weighted by atomic mass is 35.5. The Labute approximate surface area is 187 Å². The van der Waals surface area contributed by atoms with Gasteiger partial charge in [-0.15, -0.1) is 12.4 Å². The molecule has 0 spiro atoms. The second-order valence-corrected chi connectivity index (χ2v) is 9.79. The second kappa shape index (κ2) is 11.6. The summed E-state index contributed by atoms with van der Waals surface area (Å²) >= 11 is 0. The molecule has 1 aromatic rings. The predicted octanol–water partition coefficient (Wildman–Crippen LogP) is 2.38. The van der Waals surface area contributed by atoms with Crippen LogP contribution in [-0.4, -0.2) is 75.9 Å². The van der Waals surface area contributed by atoms with Gasteiger partial charge < -0.3 is 15.0 Å². The number of hydrogen-bond acceptors (Lipinski definition) is 6. The van der Waals surface area contributed by atoms with Gasteiger partial charge in [-0.2, -0.15) is 17.5 Å². The fourth-order valence-electron chi connectivity index (χ4n) is 3.78. The van der Waals surface area contributed by atoms with Crippen LogP contribution in [0.15, 0.2) is 18.3 Å². The van der Waals surface area contributed by atoms with Crippen LogP contribution in [0.1, 0.15) is 24.8 Å². The number of ether oxygens (including phenoxy) is 1. The first-order valence-electron chi connectivity index (χ1n) is 10.3. The van der Waals surface area contributed by atoms with Crippen LogP contribution < -0.4 is 10.2 Å². The van der Waals surface area contributed by atoms with Gasteiger partial charge in [0.2, 0.25) is 10.0 Å². The molecule has 178 valence electrons. The van der Waals surface area contributed by atoms with Gasteiger partial charge >= 0.3 is 6.18 Å². The van der Waals surface area contributed by atoms with Crippen molar-refractivity contribution in [2.45, 2.75) is 25.4 Å². The SMILES string of the molecule is Cl.O=S(=O)(CCOCCC1CCNCC1)N1CCN(c2cc(C(F)(F)F)ccn2)CC1. The smallest absolute Gasteiger partial charge is 0.380 e. The largest absolute Gasteiger partial charge is 0.416 e. The third kappa shape index (κ3) is 7.74. The molecular weight excluding hydrogens is 457 g/mol. The van der Waals surface area contributed by atoms with Crippen LogP contribution in [0.2, 0.25) is 0 Å². The van der Waals surface area contributed by atoms with Gasteiger partial charge in [-0.3, -0.25) is 0 Å². The summed E-state index contributed by atoms with van der Waals surface area (Å²) < 4.78 is 70.6. The molecule has 3 rings (SSSR count). The van der Waals surface area contributed by atoms with Gasteiger partial charge in [0.15, 0.2) is 0 Å². The minimum Gasteiger partial charge on any atom is -0.380 e. The third-order valence-electron chi connectivity index (χ3n) is 5.64. The third-order valence-corrected chi connectivity index (χ3v) is 7.48. The van der Waals surface area contributed by atoms with E-state index in [0.717, 1.165) is 50.7 Å². The van der Waals surface area contributed by atoms with Crippen molar-refractivity contribution in [2.24, 2.45) is 5.92 Å². The number of pyridine rings is 1. The molecule has 0 aliphatic carbocycles. The maximum Gasteiger partial charge on any atom is 0.416 e. The van der Waals surface area contributed by atoms with Gasteiger partial charge in [-0.05, 0) is 50.4 Å². The number of nitrogens with zero attached hydrogens (tertiary/aromatic N) is 3. The lowest BCUT2D eigenvalue weighted by Gasteiger charge is -2.34. The topological polar surface area (TPSA) is 74.8 Å². The molecule has 1 N–H and O–H groups in total. The number of nitrogens with one attached hydrogen (secondary N) is 1. The summed E-state index contributed by atoms with van der Waals surface area (Å²) in [6, 6.07) is 1.93. The maximum atomic E-state index is 12.9. The lowest BCUT2D eigenvalue weighted by atomic mass is 9.95. The van der Waals surface area contributed by atoms with E-state index in [1.807, 2.05) is 0 Å². The Morgan fingerprint density at radius 3 is 2.45 bits per heavy atom. The van der Waals surface area contributed by atoms with E-state index in [2.05, 4.69) is 10.3 Å². The minimum absolute atomic E-state index is 0. The van der Waals surface area contributed by atoms with Crippen LogP contribution in [0.25, 0.3) is 0 Å². The standard InChI is InChI=1S/C19H29F3N4O3S.ClH/c20-19(21,22)17-3-7-24-18(15-17)25-8-10-26(11-9-25)30(27,28)14-13-29-12-4-16-1-5-23-6-2-16;/h3,7,15-16,23H,1-2,4-6,8-14H2;1H. The van der Waals surface area contributed by atoms with Crippen molar-refractivity contribution in [3.05, 3.63) is 23.9 Å². The van der Waals surface area contributed by atoms with E-state index in [1.54, 1.807) is 4.90 Å². The molecule has 7 nitrogen and oxygen atoms in total. The molecule has 2 aliphatic rings. The first-order chi connectivity index (χ1) is 14.3. The Morgan fingerprint density at radius 2 is 1.81 bits per heavy atom. The number of piperidine rings is 1. The summed E-state index contributed by atoms with van der Waals surface area (Å²) in [6.45, 7) is 3.80. The van der Waals surface area contributed by atoms with E-state index in [4.69, 9.17) is 4.74 Å².